The van der Waals surface area contributed by atoms with Crippen molar-refractivity contribution >= 4 is 0 Å². The van der Waals surface area contributed by atoms with Crippen molar-refractivity contribution in [3.63, 3.8) is 0 Å². The summed E-state index contributed by atoms with van der Waals surface area (Å²) in [6, 6.07) is 10.6. The fraction of sp³-hybridized carbons (Fsp3) is 0.538. The van der Waals surface area contributed by atoms with Crippen LogP contribution >= 0.6 is 0 Å². The monoisotopic (exact) mass is 192 g/mol. The highest BCUT2D eigenvalue weighted by atomic mass is 16.5. The Labute approximate surface area is 87.1 Å². The Morgan fingerprint density at radius 2 is 1.86 bits per heavy atom. The van der Waals surface area contributed by atoms with Crippen molar-refractivity contribution < 1.29 is 4.74 Å². The second kappa shape index (κ2) is 6.61. The number of rotatable bonds is 6. The molecule has 1 nitrogen and oxygen atoms in total. The van der Waals surface area contributed by atoms with Crippen molar-refractivity contribution in [2.45, 2.75) is 39.2 Å². The molecule has 14 heavy (non-hydrogen) atoms. The molecule has 0 aliphatic heterocycles. The fourth-order valence-corrected chi connectivity index (χ4v) is 1.68. The molecule has 1 aromatic rings. The average Bonchev–Trinajstić information content (AvgIpc) is 2.20. The van der Waals surface area contributed by atoms with E-state index in [1.54, 1.807) is 0 Å². The average molecular weight is 192 g/mol. The van der Waals surface area contributed by atoms with Gasteiger partial charge in [-0.25, -0.2) is 0 Å². The molecule has 0 bridgehead atoms. The lowest BCUT2D eigenvalue weighted by Crippen LogP contribution is -2.15. The highest BCUT2D eigenvalue weighted by molar-refractivity contribution is 5.15. The predicted octanol–water partition coefficient (Wildman–Crippen LogP) is 3.43. The minimum absolute atomic E-state index is 0.396. The summed E-state index contributed by atoms with van der Waals surface area (Å²) >= 11 is 0. The lowest BCUT2D eigenvalue weighted by atomic mass is 10.0. The van der Waals surface area contributed by atoms with Crippen LogP contribution in [0, 0.1) is 0 Å². The van der Waals surface area contributed by atoms with Crippen molar-refractivity contribution in [1.29, 1.82) is 0 Å². The van der Waals surface area contributed by atoms with Crippen LogP contribution in [-0.4, -0.2) is 12.7 Å². The molecule has 0 saturated carbocycles. The lowest BCUT2D eigenvalue weighted by Gasteiger charge is -2.15. The molecule has 1 aromatic carbocycles. The third-order valence-electron chi connectivity index (χ3n) is 2.32. The second-order valence-corrected chi connectivity index (χ2v) is 3.56. The van der Waals surface area contributed by atoms with Crippen LogP contribution in [0.3, 0.4) is 0 Å². The van der Waals surface area contributed by atoms with E-state index in [-0.39, 0.29) is 0 Å². The summed E-state index contributed by atoms with van der Waals surface area (Å²) in [5.74, 6) is 0. The first-order valence-electron chi connectivity index (χ1n) is 5.52. The molecule has 1 unspecified atom stereocenters. The zero-order chi connectivity index (χ0) is 10.2. The van der Waals surface area contributed by atoms with Crippen molar-refractivity contribution in [2.75, 3.05) is 6.61 Å². The van der Waals surface area contributed by atoms with E-state index in [0.29, 0.717) is 6.10 Å². The van der Waals surface area contributed by atoms with Gasteiger partial charge in [0.05, 0.1) is 6.10 Å². The summed E-state index contributed by atoms with van der Waals surface area (Å²) in [5.41, 5.74) is 1.37. The van der Waals surface area contributed by atoms with Crippen LogP contribution < -0.4 is 0 Å². The molecule has 0 aromatic heterocycles. The zero-order valence-corrected chi connectivity index (χ0v) is 9.20. The Morgan fingerprint density at radius 3 is 2.43 bits per heavy atom. The number of hydrogen-bond donors (Lipinski definition) is 0. The fourth-order valence-electron chi connectivity index (χ4n) is 1.68. The van der Waals surface area contributed by atoms with Crippen LogP contribution in [0.2, 0.25) is 0 Å². The van der Waals surface area contributed by atoms with Crippen LogP contribution in [0.25, 0.3) is 0 Å². The van der Waals surface area contributed by atoms with Gasteiger partial charge in [-0.15, -0.1) is 0 Å². The van der Waals surface area contributed by atoms with Gasteiger partial charge >= 0.3 is 0 Å². The van der Waals surface area contributed by atoms with Gasteiger partial charge in [0.15, 0.2) is 0 Å². The molecule has 78 valence electrons. The van der Waals surface area contributed by atoms with Gasteiger partial charge in [-0.1, -0.05) is 43.7 Å². The smallest absolute Gasteiger partial charge is 0.0615 e. The SMILES string of the molecule is CCCC(Cc1ccccc1)OCC. The molecule has 0 spiro atoms. The molecule has 0 aliphatic carbocycles. The molecule has 0 aliphatic rings. The molecular formula is C13H20O. The van der Waals surface area contributed by atoms with Crippen LogP contribution in [0.4, 0.5) is 0 Å². The molecule has 0 radical (unpaired) electrons. The van der Waals surface area contributed by atoms with E-state index in [9.17, 15) is 0 Å². The summed E-state index contributed by atoms with van der Waals surface area (Å²) in [4.78, 5) is 0. The van der Waals surface area contributed by atoms with Crippen LogP contribution in [0.15, 0.2) is 30.3 Å². The van der Waals surface area contributed by atoms with E-state index in [4.69, 9.17) is 4.74 Å². The molecule has 0 N–H and O–H groups in total. The highest BCUT2D eigenvalue weighted by Crippen LogP contribution is 2.10. The van der Waals surface area contributed by atoms with E-state index in [1.807, 2.05) is 0 Å². The van der Waals surface area contributed by atoms with E-state index in [2.05, 4.69) is 44.2 Å². The molecule has 0 saturated heterocycles. The van der Waals surface area contributed by atoms with Gasteiger partial charge in [0.25, 0.3) is 0 Å². The van der Waals surface area contributed by atoms with Crippen LogP contribution in [0.1, 0.15) is 32.3 Å². The molecule has 0 amide bonds. The first-order chi connectivity index (χ1) is 6.86. The Balaban J connectivity index is 2.46. The topological polar surface area (TPSA) is 9.23 Å². The van der Waals surface area contributed by atoms with Crippen molar-refractivity contribution in [3.8, 4) is 0 Å². The van der Waals surface area contributed by atoms with Gasteiger partial charge in [-0.05, 0) is 25.3 Å². The lowest BCUT2D eigenvalue weighted by molar-refractivity contribution is 0.0567. The van der Waals surface area contributed by atoms with Gasteiger partial charge in [-0.2, -0.15) is 0 Å². The molecule has 0 fully saturated rings. The van der Waals surface area contributed by atoms with Crippen molar-refractivity contribution in [2.24, 2.45) is 0 Å². The first-order valence-corrected chi connectivity index (χ1v) is 5.52. The quantitative estimate of drug-likeness (QED) is 0.671. The second-order valence-electron chi connectivity index (χ2n) is 3.56. The maximum Gasteiger partial charge on any atom is 0.0615 e. The Morgan fingerprint density at radius 1 is 1.14 bits per heavy atom. The molecule has 1 atom stereocenters. The Kier molecular flexibility index (Phi) is 5.31. The predicted molar refractivity (Wildman–Crippen MR) is 60.5 cm³/mol. The van der Waals surface area contributed by atoms with Crippen LogP contribution in [-0.2, 0) is 11.2 Å². The van der Waals surface area contributed by atoms with E-state index < -0.39 is 0 Å². The molecular weight excluding hydrogens is 172 g/mol. The largest absolute Gasteiger partial charge is 0.378 e. The maximum atomic E-state index is 5.69. The first kappa shape index (κ1) is 11.3. The minimum Gasteiger partial charge on any atom is -0.378 e. The van der Waals surface area contributed by atoms with Gasteiger partial charge in [0.1, 0.15) is 0 Å². The number of benzene rings is 1. The van der Waals surface area contributed by atoms with Gasteiger partial charge in [0, 0.05) is 6.61 Å². The van der Waals surface area contributed by atoms with E-state index >= 15 is 0 Å². The van der Waals surface area contributed by atoms with Gasteiger partial charge in [-0.3, -0.25) is 0 Å². The Hall–Kier alpha value is -0.820. The molecule has 1 rings (SSSR count). The molecule has 1 heteroatoms. The van der Waals surface area contributed by atoms with Crippen LogP contribution in [0.5, 0.6) is 0 Å². The van der Waals surface area contributed by atoms with Crippen molar-refractivity contribution in [1.82, 2.24) is 0 Å². The third kappa shape index (κ3) is 3.93. The van der Waals surface area contributed by atoms with E-state index in [1.165, 1.54) is 12.0 Å². The minimum atomic E-state index is 0.396. The Bertz CT molecular complexity index is 224. The van der Waals surface area contributed by atoms with Gasteiger partial charge in [0.2, 0.25) is 0 Å². The number of hydrogen-bond acceptors (Lipinski definition) is 1. The normalized spacial score (nSPS) is 12.7. The van der Waals surface area contributed by atoms with E-state index in [0.717, 1.165) is 19.4 Å². The third-order valence-corrected chi connectivity index (χ3v) is 2.32. The summed E-state index contributed by atoms with van der Waals surface area (Å²) < 4.78 is 5.69. The summed E-state index contributed by atoms with van der Waals surface area (Å²) in [6.45, 7) is 5.09. The maximum absolute atomic E-state index is 5.69. The number of ether oxygens (including phenoxy) is 1. The summed E-state index contributed by atoms with van der Waals surface area (Å²) in [5, 5.41) is 0. The highest BCUT2D eigenvalue weighted by Gasteiger charge is 2.07. The standard InChI is InChI=1S/C13H20O/c1-3-8-13(14-4-2)11-12-9-6-5-7-10-12/h5-7,9-10,13H,3-4,8,11H2,1-2H3. The molecule has 0 heterocycles. The van der Waals surface area contributed by atoms with Crippen molar-refractivity contribution in [3.05, 3.63) is 35.9 Å². The van der Waals surface area contributed by atoms with Gasteiger partial charge < -0.3 is 4.74 Å². The summed E-state index contributed by atoms with van der Waals surface area (Å²) in [7, 11) is 0. The zero-order valence-electron chi connectivity index (χ0n) is 9.20. The summed E-state index contributed by atoms with van der Waals surface area (Å²) in [6.07, 6.45) is 3.79.